The quantitative estimate of drug-likeness (QED) is 0.677. The molecule has 0 aliphatic heterocycles. The first kappa shape index (κ1) is 19.4. The van der Waals surface area contributed by atoms with Gasteiger partial charge in [-0.3, -0.25) is 4.79 Å². The van der Waals surface area contributed by atoms with Gasteiger partial charge in [0.05, 0.1) is 6.42 Å². The van der Waals surface area contributed by atoms with Crippen molar-refractivity contribution in [2.45, 2.75) is 25.3 Å². The van der Waals surface area contributed by atoms with Gasteiger partial charge in [0.1, 0.15) is 12.6 Å². The van der Waals surface area contributed by atoms with Crippen molar-refractivity contribution in [2.24, 2.45) is 5.92 Å². The second-order valence-corrected chi connectivity index (χ2v) is 6.86. The Bertz CT molecular complexity index is 864. The smallest absolute Gasteiger partial charge is 0.407 e. The molecule has 1 aliphatic rings. The second-order valence-electron chi connectivity index (χ2n) is 6.86. The number of carbonyl (C=O) groups excluding carboxylic acids is 1. The summed E-state index contributed by atoms with van der Waals surface area (Å²) in [5, 5.41) is 20.4. The van der Waals surface area contributed by atoms with Gasteiger partial charge in [-0.15, -0.1) is 0 Å². The van der Waals surface area contributed by atoms with Crippen LogP contribution in [-0.4, -0.2) is 40.9 Å². The lowest BCUT2D eigenvalue weighted by atomic mass is 9.98. The molecule has 28 heavy (non-hydrogen) atoms. The average molecular weight is 383 g/mol. The molecule has 146 valence electrons. The summed E-state index contributed by atoms with van der Waals surface area (Å²) in [7, 11) is 0. The van der Waals surface area contributed by atoms with Crippen LogP contribution in [0.15, 0.2) is 48.5 Å². The van der Waals surface area contributed by atoms with E-state index in [4.69, 9.17) is 9.84 Å². The van der Waals surface area contributed by atoms with Gasteiger partial charge >= 0.3 is 18.0 Å². The Morgan fingerprint density at radius 1 is 1.00 bits per heavy atom. The van der Waals surface area contributed by atoms with Crippen LogP contribution in [0.25, 0.3) is 11.1 Å². The minimum absolute atomic E-state index is 0.0551. The largest absolute Gasteiger partial charge is 0.481 e. The molecule has 2 aromatic rings. The first-order chi connectivity index (χ1) is 13.4. The number of hydrogen-bond acceptors (Lipinski definition) is 4. The molecule has 2 atom stereocenters. The summed E-state index contributed by atoms with van der Waals surface area (Å²) in [5.74, 6) is -3.36. The third kappa shape index (κ3) is 3.98. The molecular formula is C21H21NO6. The lowest BCUT2D eigenvalue weighted by Gasteiger charge is -2.21. The topological polar surface area (TPSA) is 113 Å². The molecule has 0 spiro atoms. The van der Waals surface area contributed by atoms with E-state index in [1.807, 2.05) is 48.5 Å². The Morgan fingerprint density at radius 3 is 2.04 bits per heavy atom. The van der Waals surface area contributed by atoms with Crippen LogP contribution >= 0.6 is 0 Å². The summed E-state index contributed by atoms with van der Waals surface area (Å²) in [6.45, 7) is 1.51. The number of carbonyl (C=O) groups is 3. The number of aliphatic carboxylic acids is 2. The van der Waals surface area contributed by atoms with E-state index >= 15 is 0 Å². The Hall–Kier alpha value is -3.35. The molecule has 7 nitrogen and oxygen atoms in total. The second kappa shape index (κ2) is 8.12. The van der Waals surface area contributed by atoms with Crippen molar-refractivity contribution in [1.29, 1.82) is 0 Å². The van der Waals surface area contributed by atoms with Gasteiger partial charge in [-0.1, -0.05) is 55.5 Å². The van der Waals surface area contributed by atoms with Gasteiger partial charge in [-0.05, 0) is 28.2 Å². The fourth-order valence-electron chi connectivity index (χ4n) is 3.61. The van der Waals surface area contributed by atoms with Gasteiger partial charge in [-0.25, -0.2) is 9.59 Å². The Labute approximate surface area is 162 Å². The van der Waals surface area contributed by atoms with Gasteiger partial charge < -0.3 is 20.3 Å². The Balaban J connectivity index is 1.69. The maximum atomic E-state index is 12.2. The number of nitrogens with one attached hydrogen (secondary N) is 1. The average Bonchev–Trinajstić information content (AvgIpc) is 2.97. The SMILES string of the molecule is CC(CC(=O)O)[C@H](NC(=O)OCC1c2ccccc2-c2ccccc21)C(=O)O. The van der Waals surface area contributed by atoms with Crippen molar-refractivity contribution < 1.29 is 29.3 Å². The van der Waals surface area contributed by atoms with E-state index in [-0.39, 0.29) is 18.9 Å². The van der Waals surface area contributed by atoms with E-state index in [0.29, 0.717) is 0 Å². The monoisotopic (exact) mass is 383 g/mol. The number of ether oxygens (including phenoxy) is 1. The van der Waals surface area contributed by atoms with E-state index in [1.54, 1.807) is 0 Å². The van der Waals surface area contributed by atoms with Crippen LogP contribution in [0.2, 0.25) is 0 Å². The molecule has 0 bridgehead atoms. The number of carboxylic acid groups (broad SMARTS) is 2. The minimum atomic E-state index is -1.34. The number of amides is 1. The van der Waals surface area contributed by atoms with E-state index in [9.17, 15) is 19.5 Å². The molecule has 1 unspecified atom stereocenters. The maximum Gasteiger partial charge on any atom is 0.407 e. The van der Waals surface area contributed by atoms with Gasteiger partial charge in [0.2, 0.25) is 0 Å². The number of benzene rings is 2. The normalized spacial score (nSPS) is 14.5. The summed E-state index contributed by atoms with van der Waals surface area (Å²) in [5.41, 5.74) is 4.27. The zero-order valence-electron chi connectivity index (χ0n) is 15.3. The van der Waals surface area contributed by atoms with Gasteiger partial charge in [0, 0.05) is 5.92 Å². The zero-order valence-corrected chi connectivity index (χ0v) is 15.3. The number of rotatable bonds is 7. The first-order valence-electron chi connectivity index (χ1n) is 8.94. The van der Waals surface area contributed by atoms with E-state index in [2.05, 4.69) is 5.32 Å². The van der Waals surface area contributed by atoms with Crippen molar-refractivity contribution in [3.8, 4) is 11.1 Å². The lowest BCUT2D eigenvalue weighted by molar-refractivity contribution is -0.142. The highest BCUT2D eigenvalue weighted by Crippen LogP contribution is 2.44. The summed E-state index contributed by atoms with van der Waals surface area (Å²) in [6, 6.07) is 14.4. The van der Waals surface area contributed by atoms with E-state index < -0.39 is 30.0 Å². The predicted molar refractivity (Wildman–Crippen MR) is 101 cm³/mol. The molecule has 0 aromatic heterocycles. The molecular weight excluding hydrogens is 362 g/mol. The van der Waals surface area contributed by atoms with Crippen LogP contribution < -0.4 is 5.32 Å². The van der Waals surface area contributed by atoms with Crippen LogP contribution in [0.1, 0.15) is 30.4 Å². The lowest BCUT2D eigenvalue weighted by Crippen LogP contribution is -2.46. The van der Waals surface area contributed by atoms with Crippen molar-refractivity contribution in [3.05, 3.63) is 59.7 Å². The summed E-state index contributed by atoms with van der Waals surface area (Å²) < 4.78 is 5.31. The Morgan fingerprint density at radius 2 is 1.54 bits per heavy atom. The van der Waals surface area contributed by atoms with Gasteiger partial charge in [0.25, 0.3) is 0 Å². The van der Waals surface area contributed by atoms with Gasteiger partial charge in [0.15, 0.2) is 0 Å². The third-order valence-corrected chi connectivity index (χ3v) is 4.95. The maximum absolute atomic E-state index is 12.2. The number of carboxylic acids is 2. The van der Waals surface area contributed by atoms with E-state index in [1.165, 1.54) is 6.92 Å². The standard InChI is InChI=1S/C21H21NO6/c1-12(10-18(23)24)19(20(25)26)22-21(27)28-11-17-15-8-4-2-6-13(15)14-7-3-5-9-16(14)17/h2-9,12,17,19H,10-11H2,1H3,(H,22,27)(H,23,24)(H,25,26)/t12?,19-/m0/s1. The molecule has 0 saturated carbocycles. The summed E-state index contributed by atoms with van der Waals surface area (Å²) in [6.07, 6.45) is -1.26. The van der Waals surface area contributed by atoms with Crippen LogP contribution in [0, 0.1) is 5.92 Å². The fourth-order valence-corrected chi connectivity index (χ4v) is 3.61. The zero-order chi connectivity index (χ0) is 20.3. The molecule has 3 rings (SSSR count). The molecule has 0 heterocycles. The summed E-state index contributed by atoms with van der Waals surface area (Å²) in [4.78, 5) is 34.4. The van der Waals surface area contributed by atoms with Gasteiger partial charge in [-0.2, -0.15) is 0 Å². The molecule has 1 amide bonds. The number of hydrogen-bond donors (Lipinski definition) is 3. The van der Waals surface area contributed by atoms with Crippen molar-refractivity contribution in [1.82, 2.24) is 5.32 Å². The highest BCUT2D eigenvalue weighted by atomic mass is 16.5. The molecule has 2 aromatic carbocycles. The molecule has 0 fully saturated rings. The molecule has 0 saturated heterocycles. The van der Waals surface area contributed by atoms with Crippen molar-refractivity contribution >= 4 is 18.0 Å². The highest BCUT2D eigenvalue weighted by Gasteiger charge is 2.31. The van der Waals surface area contributed by atoms with Crippen molar-refractivity contribution in [2.75, 3.05) is 6.61 Å². The molecule has 7 heteroatoms. The molecule has 3 N–H and O–H groups in total. The van der Waals surface area contributed by atoms with Crippen LogP contribution in [0.4, 0.5) is 4.79 Å². The molecule has 0 radical (unpaired) electrons. The predicted octanol–water partition coefficient (Wildman–Crippen LogP) is 3.09. The minimum Gasteiger partial charge on any atom is -0.481 e. The number of alkyl carbamates (subject to hydrolysis) is 1. The van der Waals surface area contributed by atoms with Crippen molar-refractivity contribution in [3.63, 3.8) is 0 Å². The first-order valence-corrected chi connectivity index (χ1v) is 8.94. The Kier molecular flexibility index (Phi) is 5.63. The van der Waals surface area contributed by atoms with Crippen LogP contribution in [0.5, 0.6) is 0 Å². The third-order valence-electron chi connectivity index (χ3n) is 4.95. The van der Waals surface area contributed by atoms with Crippen LogP contribution in [-0.2, 0) is 14.3 Å². The van der Waals surface area contributed by atoms with Crippen LogP contribution in [0.3, 0.4) is 0 Å². The molecule has 1 aliphatic carbocycles. The van der Waals surface area contributed by atoms with E-state index in [0.717, 1.165) is 22.3 Å². The number of fused-ring (bicyclic) bond motifs is 3. The highest BCUT2D eigenvalue weighted by molar-refractivity contribution is 5.82. The fraction of sp³-hybridized carbons (Fsp3) is 0.286. The summed E-state index contributed by atoms with van der Waals surface area (Å²) >= 11 is 0.